The van der Waals surface area contributed by atoms with Crippen LogP contribution in [0.25, 0.3) is 0 Å². The first-order chi connectivity index (χ1) is 12.2. The lowest BCUT2D eigenvalue weighted by molar-refractivity contribution is -0.118. The molecule has 2 aromatic carbocycles. The summed E-state index contributed by atoms with van der Waals surface area (Å²) in [5, 5.41) is 24.4. The topological polar surface area (TPSA) is 43.7 Å². The van der Waals surface area contributed by atoms with Crippen molar-refractivity contribution in [3.05, 3.63) is 67.6 Å². The van der Waals surface area contributed by atoms with Gasteiger partial charge >= 0.3 is 0 Å². The SMILES string of the molecule is CN1CC[C@@](O)(c2ccc(Cl)cc2Cl)[C@H](C(O)c2ccc(Cl)cc2Cl)C1. The van der Waals surface area contributed by atoms with E-state index in [-0.39, 0.29) is 0 Å². The fourth-order valence-corrected chi connectivity index (χ4v) is 4.71. The van der Waals surface area contributed by atoms with E-state index in [9.17, 15) is 10.2 Å². The van der Waals surface area contributed by atoms with Crippen LogP contribution in [0.2, 0.25) is 20.1 Å². The highest BCUT2D eigenvalue weighted by Crippen LogP contribution is 2.47. The summed E-state index contributed by atoms with van der Waals surface area (Å²) in [6.45, 7) is 1.16. The van der Waals surface area contributed by atoms with Crippen molar-refractivity contribution >= 4 is 46.4 Å². The maximum absolute atomic E-state index is 11.6. The molecular formula is C19H19Cl4NO2. The molecule has 1 aliphatic rings. The highest BCUT2D eigenvalue weighted by Gasteiger charge is 2.47. The Balaban J connectivity index is 2.05. The van der Waals surface area contributed by atoms with Crippen molar-refractivity contribution in [2.24, 2.45) is 5.92 Å². The summed E-state index contributed by atoms with van der Waals surface area (Å²) >= 11 is 24.6. The van der Waals surface area contributed by atoms with E-state index in [0.717, 1.165) is 0 Å². The number of hydrogen-bond donors (Lipinski definition) is 2. The van der Waals surface area contributed by atoms with E-state index in [0.29, 0.717) is 50.7 Å². The number of piperidine rings is 1. The van der Waals surface area contributed by atoms with Crippen LogP contribution in [-0.2, 0) is 5.60 Å². The standard InChI is InChI=1S/C19H19Cl4NO2/c1-24-7-6-19(26,14-5-3-12(21)9-17(14)23)15(10-24)18(25)13-4-2-11(20)8-16(13)22/h2-5,8-9,15,18,25-26H,6-7,10H2,1H3/t15-,18?,19+/m0/s1. The smallest absolute Gasteiger partial charge is 0.0991 e. The first kappa shape index (κ1) is 20.2. The van der Waals surface area contributed by atoms with E-state index >= 15 is 0 Å². The number of rotatable bonds is 3. The van der Waals surface area contributed by atoms with Gasteiger partial charge in [0.2, 0.25) is 0 Å². The summed E-state index contributed by atoms with van der Waals surface area (Å²) in [6, 6.07) is 9.97. The number of likely N-dealkylation sites (tertiary alicyclic amines) is 1. The van der Waals surface area contributed by atoms with E-state index in [1.54, 1.807) is 36.4 Å². The molecule has 2 N–H and O–H groups in total. The third-order valence-corrected chi connectivity index (χ3v) is 6.17. The lowest BCUT2D eigenvalue weighted by Gasteiger charge is -2.46. The Hall–Kier alpha value is -0.520. The lowest BCUT2D eigenvalue weighted by atomic mass is 9.72. The van der Waals surface area contributed by atoms with Crippen molar-refractivity contribution in [1.29, 1.82) is 0 Å². The van der Waals surface area contributed by atoms with Gasteiger partial charge in [0.15, 0.2) is 0 Å². The molecule has 1 heterocycles. The van der Waals surface area contributed by atoms with E-state index in [2.05, 4.69) is 4.90 Å². The zero-order valence-corrected chi connectivity index (χ0v) is 17.1. The van der Waals surface area contributed by atoms with Gasteiger partial charge < -0.3 is 15.1 Å². The second kappa shape index (κ2) is 7.84. The minimum absolute atomic E-state index is 0.364. The average molecular weight is 435 g/mol. The molecule has 0 bridgehead atoms. The normalized spacial score (nSPS) is 25.3. The third-order valence-electron chi connectivity index (χ3n) is 5.06. The number of halogens is 4. The molecule has 1 aliphatic heterocycles. The Morgan fingerprint density at radius 1 is 1.04 bits per heavy atom. The molecule has 0 radical (unpaired) electrons. The quantitative estimate of drug-likeness (QED) is 0.699. The van der Waals surface area contributed by atoms with Gasteiger partial charge in [-0.25, -0.2) is 0 Å². The molecule has 0 spiro atoms. The minimum Gasteiger partial charge on any atom is -0.388 e. The number of hydrogen-bond acceptors (Lipinski definition) is 3. The third kappa shape index (κ3) is 3.85. The van der Waals surface area contributed by atoms with Crippen molar-refractivity contribution in [3.63, 3.8) is 0 Å². The predicted octanol–water partition coefficient (Wildman–Crippen LogP) is 5.17. The van der Waals surface area contributed by atoms with Crippen LogP contribution in [-0.4, -0.2) is 35.3 Å². The van der Waals surface area contributed by atoms with Gasteiger partial charge in [-0.2, -0.15) is 0 Å². The Morgan fingerprint density at radius 3 is 2.27 bits per heavy atom. The van der Waals surface area contributed by atoms with Gasteiger partial charge in [0.1, 0.15) is 0 Å². The van der Waals surface area contributed by atoms with Crippen LogP contribution in [0.5, 0.6) is 0 Å². The molecule has 0 aliphatic carbocycles. The molecule has 7 heteroatoms. The molecule has 0 aromatic heterocycles. The Kier molecular flexibility index (Phi) is 6.10. The van der Waals surface area contributed by atoms with Crippen LogP contribution < -0.4 is 0 Å². The second-order valence-corrected chi connectivity index (χ2v) is 8.47. The van der Waals surface area contributed by atoms with E-state index in [4.69, 9.17) is 46.4 Å². The average Bonchev–Trinajstić information content (AvgIpc) is 2.56. The van der Waals surface area contributed by atoms with Gasteiger partial charge in [-0.05, 0) is 43.3 Å². The largest absolute Gasteiger partial charge is 0.388 e. The second-order valence-electron chi connectivity index (χ2n) is 6.78. The fourth-order valence-electron chi connectivity index (χ4n) is 3.62. The fraction of sp³-hybridized carbons (Fsp3) is 0.368. The first-order valence-corrected chi connectivity index (χ1v) is 9.73. The van der Waals surface area contributed by atoms with Crippen LogP contribution in [0.1, 0.15) is 23.7 Å². The number of aliphatic hydroxyl groups is 2. The highest BCUT2D eigenvalue weighted by atomic mass is 35.5. The maximum atomic E-state index is 11.6. The van der Waals surface area contributed by atoms with Gasteiger partial charge in [0.05, 0.1) is 11.7 Å². The van der Waals surface area contributed by atoms with E-state index in [1.165, 1.54) is 0 Å². The summed E-state index contributed by atoms with van der Waals surface area (Å²) < 4.78 is 0. The molecule has 1 saturated heterocycles. The molecule has 3 rings (SSSR count). The monoisotopic (exact) mass is 433 g/mol. The number of nitrogens with zero attached hydrogens (tertiary/aromatic N) is 1. The zero-order valence-electron chi connectivity index (χ0n) is 14.1. The van der Waals surface area contributed by atoms with Crippen LogP contribution in [0.4, 0.5) is 0 Å². The minimum atomic E-state index is -1.31. The maximum Gasteiger partial charge on any atom is 0.0991 e. The predicted molar refractivity (Wildman–Crippen MR) is 107 cm³/mol. The number of aliphatic hydroxyl groups excluding tert-OH is 1. The molecule has 3 nitrogen and oxygen atoms in total. The van der Waals surface area contributed by atoms with E-state index < -0.39 is 17.6 Å². The van der Waals surface area contributed by atoms with Crippen LogP contribution >= 0.6 is 46.4 Å². The molecular weight excluding hydrogens is 416 g/mol. The van der Waals surface area contributed by atoms with Gasteiger partial charge in [0.25, 0.3) is 0 Å². The Morgan fingerprint density at radius 2 is 1.65 bits per heavy atom. The summed E-state index contributed by atoms with van der Waals surface area (Å²) in [7, 11) is 1.95. The van der Waals surface area contributed by atoms with Gasteiger partial charge in [-0.15, -0.1) is 0 Å². The summed E-state index contributed by atoms with van der Waals surface area (Å²) in [6.07, 6.45) is -0.558. The van der Waals surface area contributed by atoms with Crippen LogP contribution in [0.15, 0.2) is 36.4 Å². The van der Waals surface area contributed by atoms with E-state index in [1.807, 2.05) is 7.05 Å². The molecule has 2 aromatic rings. The highest BCUT2D eigenvalue weighted by molar-refractivity contribution is 6.35. The van der Waals surface area contributed by atoms with Crippen LogP contribution in [0, 0.1) is 5.92 Å². The number of benzene rings is 2. The zero-order chi connectivity index (χ0) is 19.1. The van der Waals surface area contributed by atoms with Gasteiger partial charge in [-0.1, -0.05) is 58.5 Å². The van der Waals surface area contributed by atoms with Crippen molar-refractivity contribution in [3.8, 4) is 0 Å². The summed E-state index contributed by atoms with van der Waals surface area (Å²) in [5.74, 6) is -0.529. The molecule has 3 atom stereocenters. The molecule has 1 fully saturated rings. The van der Waals surface area contributed by atoms with Crippen molar-refractivity contribution in [2.45, 2.75) is 18.1 Å². The van der Waals surface area contributed by atoms with Gasteiger partial charge in [0, 0.05) is 44.7 Å². The molecule has 26 heavy (non-hydrogen) atoms. The van der Waals surface area contributed by atoms with Crippen molar-refractivity contribution in [2.75, 3.05) is 20.1 Å². The summed E-state index contributed by atoms with van der Waals surface area (Å²) in [4.78, 5) is 2.07. The Bertz CT molecular complexity index is 816. The molecule has 140 valence electrons. The molecule has 0 amide bonds. The molecule has 1 unspecified atom stereocenters. The van der Waals surface area contributed by atoms with Gasteiger partial charge in [-0.3, -0.25) is 0 Å². The Labute approximate surface area is 173 Å². The summed E-state index contributed by atoms with van der Waals surface area (Å²) in [5.41, 5.74) is -0.220. The van der Waals surface area contributed by atoms with Crippen molar-refractivity contribution in [1.82, 2.24) is 4.90 Å². The lowest BCUT2D eigenvalue weighted by Crippen LogP contribution is -2.51. The van der Waals surface area contributed by atoms with Crippen molar-refractivity contribution < 1.29 is 10.2 Å². The first-order valence-electron chi connectivity index (χ1n) is 8.22. The van der Waals surface area contributed by atoms with Crippen LogP contribution in [0.3, 0.4) is 0 Å². The molecule has 0 saturated carbocycles.